The molecule has 0 radical (unpaired) electrons. The van der Waals surface area contributed by atoms with Crippen LogP contribution in [0.25, 0.3) is 16.9 Å². The van der Waals surface area contributed by atoms with Crippen molar-refractivity contribution >= 4 is 11.3 Å². The van der Waals surface area contributed by atoms with Crippen molar-refractivity contribution in [2.45, 2.75) is 18.8 Å². The Morgan fingerprint density at radius 1 is 0.889 bits per heavy atom. The average molecular weight is 365 g/mol. The van der Waals surface area contributed by atoms with Crippen molar-refractivity contribution in [2.75, 3.05) is 44.4 Å². The molecule has 0 amide bonds. The number of morpholine rings is 1. The molecule has 27 heavy (non-hydrogen) atoms. The average Bonchev–Trinajstić information content (AvgIpc) is 3.19. The van der Waals surface area contributed by atoms with Gasteiger partial charge >= 0.3 is 0 Å². The van der Waals surface area contributed by atoms with Crippen molar-refractivity contribution in [1.29, 1.82) is 0 Å². The first-order valence-electron chi connectivity index (χ1n) is 9.60. The summed E-state index contributed by atoms with van der Waals surface area (Å²) in [6.07, 6.45) is 7.76. The number of aromatic nitrogens is 4. The van der Waals surface area contributed by atoms with Gasteiger partial charge in [0.1, 0.15) is 0 Å². The maximum absolute atomic E-state index is 5.47. The molecule has 5 heterocycles. The van der Waals surface area contributed by atoms with Gasteiger partial charge in [-0.15, -0.1) is 0 Å². The molecule has 7 nitrogen and oxygen atoms in total. The molecule has 7 heteroatoms. The number of hydrogen-bond acceptors (Lipinski definition) is 6. The molecule has 2 fully saturated rings. The highest BCUT2D eigenvalue weighted by Gasteiger charge is 2.19. The molecule has 5 rings (SSSR count). The first-order chi connectivity index (χ1) is 13.4. The van der Waals surface area contributed by atoms with Crippen LogP contribution >= 0.6 is 0 Å². The number of fused-ring (bicyclic) bond motifs is 1. The fourth-order valence-corrected chi connectivity index (χ4v) is 3.92. The Kier molecular flexibility index (Phi) is 4.47. The Balaban J connectivity index is 1.46. The van der Waals surface area contributed by atoms with E-state index in [4.69, 9.17) is 14.5 Å². The van der Waals surface area contributed by atoms with Gasteiger partial charge in [0.2, 0.25) is 0 Å². The zero-order valence-electron chi connectivity index (χ0n) is 15.3. The molecule has 2 saturated heterocycles. The Morgan fingerprint density at radius 3 is 2.48 bits per heavy atom. The Bertz CT molecular complexity index is 912. The minimum absolute atomic E-state index is 0.501. The highest BCUT2D eigenvalue weighted by atomic mass is 16.5. The van der Waals surface area contributed by atoms with Gasteiger partial charge in [0, 0.05) is 49.7 Å². The summed E-state index contributed by atoms with van der Waals surface area (Å²) >= 11 is 0. The number of anilines is 1. The SMILES string of the molecule is c1cc(N2CCOCC2)c2ncc(-c3ccc(C4CCOCC4)nc3)n2n1. The summed E-state index contributed by atoms with van der Waals surface area (Å²) in [7, 11) is 0. The number of pyridine rings is 1. The molecule has 0 saturated carbocycles. The van der Waals surface area contributed by atoms with Crippen molar-refractivity contribution in [1.82, 2.24) is 19.6 Å². The predicted molar refractivity (Wildman–Crippen MR) is 102 cm³/mol. The lowest BCUT2D eigenvalue weighted by molar-refractivity contribution is 0.0845. The van der Waals surface area contributed by atoms with Crippen LogP contribution in [-0.4, -0.2) is 59.1 Å². The first-order valence-corrected chi connectivity index (χ1v) is 9.60. The van der Waals surface area contributed by atoms with Crippen LogP contribution in [0.5, 0.6) is 0 Å². The topological polar surface area (TPSA) is 64.8 Å². The van der Waals surface area contributed by atoms with Gasteiger partial charge in [-0.05, 0) is 31.0 Å². The minimum Gasteiger partial charge on any atom is -0.381 e. The highest BCUT2D eigenvalue weighted by molar-refractivity contribution is 5.73. The molecule has 0 aliphatic carbocycles. The van der Waals surface area contributed by atoms with E-state index in [-0.39, 0.29) is 0 Å². The molecule has 0 spiro atoms. The summed E-state index contributed by atoms with van der Waals surface area (Å²) in [6.45, 7) is 4.91. The molecule has 0 N–H and O–H groups in total. The number of hydrogen-bond donors (Lipinski definition) is 0. The second kappa shape index (κ2) is 7.25. The normalized spacial score (nSPS) is 18.9. The van der Waals surface area contributed by atoms with Crippen LogP contribution in [0.1, 0.15) is 24.5 Å². The highest BCUT2D eigenvalue weighted by Crippen LogP contribution is 2.29. The standard InChI is InChI=1S/C20H23N5O2/c1-2-17(15-4-9-26-10-5-15)21-13-16(1)19-14-22-20-18(3-6-23-25(19)20)24-7-11-27-12-8-24/h1-3,6,13-15H,4-5,7-12H2. The summed E-state index contributed by atoms with van der Waals surface area (Å²) in [4.78, 5) is 11.7. The van der Waals surface area contributed by atoms with Crippen LogP contribution in [0.15, 0.2) is 36.8 Å². The van der Waals surface area contributed by atoms with Crippen LogP contribution in [0.3, 0.4) is 0 Å². The van der Waals surface area contributed by atoms with Crippen molar-refractivity contribution in [2.24, 2.45) is 0 Å². The van der Waals surface area contributed by atoms with E-state index in [9.17, 15) is 0 Å². The van der Waals surface area contributed by atoms with Crippen molar-refractivity contribution in [3.63, 3.8) is 0 Å². The van der Waals surface area contributed by atoms with Crippen LogP contribution < -0.4 is 4.90 Å². The molecular formula is C20H23N5O2. The molecule has 3 aromatic heterocycles. The third-order valence-electron chi connectivity index (χ3n) is 5.46. The third kappa shape index (κ3) is 3.17. The molecule has 2 aliphatic rings. The predicted octanol–water partition coefficient (Wildman–Crippen LogP) is 2.52. The van der Waals surface area contributed by atoms with Gasteiger partial charge in [0.25, 0.3) is 0 Å². The van der Waals surface area contributed by atoms with Gasteiger partial charge in [-0.3, -0.25) is 4.98 Å². The van der Waals surface area contributed by atoms with Gasteiger partial charge in [0.05, 0.1) is 37.0 Å². The quantitative estimate of drug-likeness (QED) is 0.711. The summed E-state index contributed by atoms with van der Waals surface area (Å²) < 4.78 is 12.8. The van der Waals surface area contributed by atoms with Gasteiger partial charge < -0.3 is 14.4 Å². The second-order valence-corrected chi connectivity index (χ2v) is 7.05. The zero-order valence-corrected chi connectivity index (χ0v) is 15.3. The van der Waals surface area contributed by atoms with Crippen LogP contribution in [0.4, 0.5) is 5.69 Å². The molecule has 2 aliphatic heterocycles. The monoisotopic (exact) mass is 365 g/mol. The lowest BCUT2D eigenvalue weighted by atomic mass is 9.95. The number of rotatable bonds is 3. The van der Waals surface area contributed by atoms with Crippen molar-refractivity contribution in [3.05, 3.63) is 42.5 Å². The maximum Gasteiger partial charge on any atom is 0.177 e. The van der Waals surface area contributed by atoms with Gasteiger partial charge in [-0.1, -0.05) is 0 Å². The molecule has 0 atom stereocenters. The summed E-state index contributed by atoms with van der Waals surface area (Å²) in [5, 5.41) is 4.54. The van der Waals surface area contributed by atoms with E-state index in [0.717, 1.165) is 80.6 Å². The van der Waals surface area contributed by atoms with E-state index in [2.05, 4.69) is 27.1 Å². The third-order valence-corrected chi connectivity index (χ3v) is 5.46. The zero-order chi connectivity index (χ0) is 18.1. The minimum atomic E-state index is 0.501. The summed E-state index contributed by atoms with van der Waals surface area (Å²) in [5.74, 6) is 0.501. The van der Waals surface area contributed by atoms with Gasteiger partial charge in [-0.25, -0.2) is 9.50 Å². The largest absolute Gasteiger partial charge is 0.381 e. The van der Waals surface area contributed by atoms with Crippen molar-refractivity contribution < 1.29 is 9.47 Å². The van der Waals surface area contributed by atoms with Crippen LogP contribution in [-0.2, 0) is 9.47 Å². The molecule has 140 valence electrons. The fraction of sp³-hybridized carbons (Fsp3) is 0.450. The second-order valence-electron chi connectivity index (χ2n) is 7.05. The lowest BCUT2D eigenvalue weighted by Crippen LogP contribution is -2.36. The van der Waals surface area contributed by atoms with E-state index in [1.807, 2.05) is 29.2 Å². The number of imidazole rings is 1. The lowest BCUT2D eigenvalue weighted by Gasteiger charge is -2.28. The molecule has 0 bridgehead atoms. The summed E-state index contributed by atoms with van der Waals surface area (Å²) in [5.41, 5.74) is 5.13. The Hall–Kier alpha value is -2.51. The van der Waals surface area contributed by atoms with Gasteiger partial charge in [0.15, 0.2) is 5.65 Å². The fourth-order valence-electron chi connectivity index (χ4n) is 3.92. The number of nitrogens with zero attached hydrogens (tertiary/aromatic N) is 5. The van der Waals surface area contributed by atoms with E-state index in [0.29, 0.717) is 5.92 Å². The summed E-state index contributed by atoms with van der Waals surface area (Å²) in [6, 6.07) is 6.30. The molecule has 0 aromatic carbocycles. The van der Waals surface area contributed by atoms with Crippen LogP contribution in [0, 0.1) is 0 Å². The van der Waals surface area contributed by atoms with E-state index in [1.54, 1.807) is 0 Å². The van der Waals surface area contributed by atoms with E-state index in [1.165, 1.54) is 0 Å². The maximum atomic E-state index is 5.47. The van der Waals surface area contributed by atoms with Crippen molar-refractivity contribution in [3.8, 4) is 11.3 Å². The van der Waals surface area contributed by atoms with E-state index >= 15 is 0 Å². The molecular weight excluding hydrogens is 342 g/mol. The Morgan fingerprint density at radius 2 is 1.70 bits per heavy atom. The van der Waals surface area contributed by atoms with Gasteiger partial charge in [-0.2, -0.15) is 5.10 Å². The van der Waals surface area contributed by atoms with Crippen LogP contribution in [0.2, 0.25) is 0 Å². The molecule has 3 aromatic rings. The molecule has 0 unspecified atom stereocenters. The smallest absolute Gasteiger partial charge is 0.177 e. The Labute approximate surface area is 157 Å². The first kappa shape index (κ1) is 16.6. The van der Waals surface area contributed by atoms with E-state index < -0.39 is 0 Å². The number of ether oxygens (including phenoxy) is 2.